The molecule has 0 fully saturated rings. The smallest absolute Gasteiger partial charge is 0.269 e. The Labute approximate surface area is 96.7 Å². The van der Waals surface area contributed by atoms with Crippen LogP contribution in [0.15, 0.2) is 22.9 Å². The second-order valence-electron chi connectivity index (χ2n) is 3.46. The number of H-pyrrole nitrogens is 1. The van der Waals surface area contributed by atoms with Crippen molar-refractivity contribution in [1.82, 2.24) is 15.5 Å². The second kappa shape index (κ2) is 4.36. The number of nitrogens with zero attached hydrogens (tertiary/aromatic N) is 1. The number of nitrogens with two attached hydrogens (primary N) is 1. The predicted molar refractivity (Wildman–Crippen MR) is 63.2 cm³/mol. The summed E-state index contributed by atoms with van der Waals surface area (Å²) in [7, 11) is 0. The number of anilines is 1. The lowest BCUT2D eigenvalue weighted by molar-refractivity contribution is 0.0935. The third-order valence-electron chi connectivity index (χ3n) is 2.23. The number of nitrogens with one attached hydrogen (secondary N) is 2. The summed E-state index contributed by atoms with van der Waals surface area (Å²) >= 11 is 1.60. The number of rotatable bonds is 3. The normalized spacial score (nSPS) is 12.3. The molecule has 0 bridgehead atoms. The van der Waals surface area contributed by atoms with Crippen LogP contribution in [0.3, 0.4) is 0 Å². The van der Waals surface area contributed by atoms with Crippen molar-refractivity contribution in [2.24, 2.45) is 0 Å². The molecule has 6 heteroatoms. The van der Waals surface area contributed by atoms with Crippen LogP contribution in [0, 0.1) is 0 Å². The second-order valence-corrected chi connectivity index (χ2v) is 4.24. The summed E-state index contributed by atoms with van der Waals surface area (Å²) in [4.78, 5) is 11.7. The minimum Gasteiger partial charge on any atom is -0.382 e. The predicted octanol–water partition coefficient (Wildman–Crippen LogP) is 1.54. The van der Waals surface area contributed by atoms with Gasteiger partial charge in [0.15, 0.2) is 0 Å². The van der Waals surface area contributed by atoms with E-state index in [0.717, 1.165) is 5.56 Å². The van der Waals surface area contributed by atoms with Crippen LogP contribution in [0.5, 0.6) is 0 Å². The fraction of sp³-hybridized carbons (Fsp3) is 0.200. The Morgan fingerprint density at radius 1 is 1.69 bits per heavy atom. The lowest BCUT2D eigenvalue weighted by Gasteiger charge is -2.11. The molecule has 0 aromatic carbocycles. The fourth-order valence-electron chi connectivity index (χ4n) is 1.33. The number of carbonyl (C=O) groups is 1. The van der Waals surface area contributed by atoms with Gasteiger partial charge in [0.1, 0.15) is 11.5 Å². The van der Waals surface area contributed by atoms with Gasteiger partial charge in [-0.25, -0.2) is 0 Å². The van der Waals surface area contributed by atoms with Crippen LogP contribution in [0.1, 0.15) is 29.0 Å². The molecule has 2 heterocycles. The SMILES string of the molecule is CC(NC(=O)c1cc(N)n[nH]1)c1ccsc1. The van der Waals surface area contributed by atoms with Gasteiger partial charge >= 0.3 is 0 Å². The molecule has 0 aliphatic carbocycles. The first-order valence-electron chi connectivity index (χ1n) is 4.80. The molecule has 84 valence electrons. The summed E-state index contributed by atoms with van der Waals surface area (Å²) in [5, 5.41) is 13.1. The average molecular weight is 236 g/mol. The van der Waals surface area contributed by atoms with E-state index in [1.54, 1.807) is 11.3 Å². The van der Waals surface area contributed by atoms with Crippen LogP contribution >= 0.6 is 11.3 Å². The molecule has 0 saturated heterocycles. The highest BCUT2D eigenvalue weighted by molar-refractivity contribution is 7.07. The molecule has 16 heavy (non-hydrogen) atoms. The number of carbonyl (C=O) groups excluding carboxylic acids is 1. The Balaban J connectivity index is 2.03. The van der Waals surface area contributed by atoms with Gasteiger partial charge in [-0.3, -0.25) is 9.89 Å². The third-order valence-corrected chi connectivity index (χ3v) is 2.93. The largest absolute Gasteiger partial charge is 0.382 e. The van der Waals surface area contributed by atoms with Gasteiger partial charge in [-0.15, -0.1) is 0 Å². The van der Waals surface area contributed by atoms with E-state index in [-0.39, 0.29) is 11.9 Å². The van der Waals surface area contributed by atoms with Crippen LogP contribution in [-0.4, -0.2) is 16.1 Å². The van der Waals surface area contributed by atoms with Gasteiger partial charge in [-0.1, -0.05) is 0 Å². The van der Waals surface area contributed by atoms with Crippen LogP contribution in [-0.2, 0) is 0 Å². The van der Waals surface area contributed by atoms with Gasteiger partial charge in [-0.2, -0.15) is 16.4 Å². The zero-order chi connectivity index (χ0) is 11.5. The summed E-state index contributed by atoms with van der Waals surface area (Å²) in [6.45, 7) is 1.93. The summed E-state index contributed by atoms with van der Waals surface area (Å²) in [5.41, 5.74) is 6.88. The Bertz CT molecular complexity index is 477. The third kappa shape index (κ3) is 2.22. The molecule has 2 aromatic rings. The first kappa shape index (κ1) is 10.7. The van der Waals surface area contributed by atoms with Gasteiger partial charge in [0.25, 0.3) is 5.91 Å². The Kier molecular flexibility index (Phi) is 2.91. The Morgan fingerprint density at radius 3 is 3.06 bits per heavy atom. The highest BCUT2D eigenvalue weighted by atomic mass is 32.1. The zero-order valence-electron chi connectivity index (χ0n) is 8.73. The van der Waals surface area contributed by atoms with Crippen molar-refractivity contribution >= 4 is 23.1 Å². The summed E-state index contributed by atoms with van der Waals surface area (Å²) in [5.74, 6) is 0.108. The quantitative estimate of drug-likeness (QED) is 0.756. The van der Waals surface area contributed by atoms with Crippen LogP contribution in [0.4, 0.5) is 5.82 Å². The molecular formula is C10H12N4OS. The minimum absolute atomic E-state index is 0.0247. The van der Waals surface area contributed by atoms with Crippen molar-refractivity contribution in [2.75, 3.05) is 5.73 Å². The van der Waals surface area contributed by atoms with E-state index in [2.05, 4.69) is 15.5 Å². The summed E-state index contributed by atoms with van der Waals surface area (Å²) in [6.07, 6.45) is 0. The van der Waals surface area contributed by atoms with Crippen molar-refractivity contribution in [3.05, 3.63) is 34.2 Å². The lowest BCUT2D eigenvalue weighted by Crippen LogP contribution is -2.26. The maximum atomic E-state index is 11.7. The van der Waals surface area contributed by atoms with Gasteiger partial charge in [0.05, 0.1) is 6.04 Å². The first-order valence-corrected chi connectivity index (χ1v) is 5.75. The van der Waals surface area contributed by atoms with E-state index >= 15 is 0 Å². The number of aromatic nitrogens is 2. The van der Waals surface area contributed by atoms with Crippen molar-refractivity contribution in [1.29, 1.82) is 0 Å². The van der Waals surface area contributed by atoms with Crippen LogP contribution < -0.4 is 11.1 Å². The first-order chi connectivity index (χ1) is 7.66. The van der Waals surface area contributed by atoms with Crippen LogP contribution in [0.25, 0.3) is 0 Å². The molecule has 1 amide bonds. The molecule has 1 unspecified atom stereocenters. The molecule has 0 aliphatic rings. The standard InChI is InChI=1S/C10H12N4OS/c1-6(7-2-3-16-5-7)12-10(15)8-4-9(11)14-13-8/h2-6H,1H3,(H,12,15)(H3,11,13,14). The molecule has 4 N–H and O–H groups in total. The molecule has 2 aromatic heterocycles. The number of nitrogen functional groups attached to an aromatic ring is 1. The topological polar surface area (TPSA) is 83.8 Å². The zero-order valence-corrected chi connectivity index (χ0v) is 9.54. The molecule has 0 saturated carbocycles. The van der Waals surface area contributed by atoms with E-state index < -0.39 is 0 Å². The van der Waals surface area contributed by atoms with Gasteiger partial charge in [-0.05, 0) is 29.3 Å². The van der Waals surface area contributed by atoms with E-state index in [1.165, 1.54) is 6.07 Å². The molecular weight excluding hydrogens is 224 g/mol. The number of hydrogen-bond donors (Lipinski definition) is 3. The summed E-state index contributed by atoms with van der Waals surface area (Å²) < 4.78 is 0. The monoisotopic (exact) mass is 236 g/mol. The molecule has 5 nitrogen and oxygen atoms in total. The van der Waals surface area contributed by atoms with Gasteiger partial charge in [0, 0.05) is 6.07 Å². The maximum Gasteiger partial charge on any atom is 0.269 e. The van der Waals surface area contributed by atoms with Gasteiger partial charge < -0.3 is 11.1 Å². The van der Waals surface area contributed by atoms with E-state index in [1.807, 2.05) is 23.8 Å². The van der Waals surface area contributed by atoms with E-state index in [0.29, 0.717) is 11.5 Å². The molecule has 0 radical (unpaired) electrons. The van der Waals surface area contributed by atoms with Crippen molar-refractivity contribution < 1.29 is 4.79 Å². The van der Waals surface area contributed by atoms with E-state index in [4.69, 9.17) is 5.73 Å². The Morgan fingerprint density at radius 2 is 2.50 bits per heavy atom. The van der Waals surface area contributed by atoms with Crippen LogP contribution in [0.2, 0.25) is 0 Å². The van der Waals surface area contributed by atoms with E-state index in [9.17, 15) is 4.79 Å². The summed E-state index contributed by atoms with van der Waals surface area (Å²) in [6, 6.07) is 3.47. The number of hydrogen-bond acceptors (Lipinski definition) is 4. The Hall–Kier alpha value is -1.82. The maximum absolute atomic E-state index is 11.7. The molecule has 0 aliphatic heterocycles. The highest BCUT2D eigenvalue weighted by Gasteiger charge is 2.13. The number of thiophene rings is 1. The van der Waals surface area contributed by atoms with Crippen molar-refractivity contribution in [3.63, 3.8) is 0 Å². The fourth-order valence-corrected chi connectivity index (χ4v) is 2.09. The minimum atomic E-state index is -0.206. The number of aromatic amines is 1. The number of amides is 1. The molecule has 1 atom stereocenters. The van der Waals surface area contributed by atoms with Crippen molar-refractivity contribution in [2.45, 2.75) is 13.0 Å². The van der Waals surface area contributed by atoms with Gasteiger partial charge in [0.2, 0.25) is 0 Å². The average Bonchev–Trinajstić information content (AvgIpc) is 2.87. The highest BCUT2D eigenvalue weighted by Crippen LogP contribution is 2.16. The molecule has 0 spiro atoms. The van der Waals surface area contributed by atoms with Crippen molar-refractivity contribution in [3.8, 4) is 0 Å². The molecule has 2 rings (SSSR count). The lowest BCUT2D eigenvalue weighted by atomic mass is 10.2.